The van der Waals surface area contributed by atoms with E-state index in [-0.39, 0.29) is 4.21 Å². The Bertz CT molecular complexity index is 712. The fraction of sp³-hybridized carbons (Fsp3) is 0.0833. The summed E-state index contributed by atoms with van der Waals surface area (Å²) >= 11 is 2.54. The Morgan fingerprint density at radius 3 is 2.42 bits per heavy atom. The van der Waals surface area contributed by atoms with Crippen LogP contribution >= 0.6 is 23.1 Å². The number of nitriles is 1. The molecule has 0 fully saturated rings. The monoisotopic (exact) mass is 310 g/mol. The van der Waals surface area contributed by atoms with Crippen LogP contribution < -0.4 is 4.72 Å². The molecule has 1 heterocycles. The van der Waals surface area contributed by atoms with E-state index < -0.39 is 10.0 Å². The predicted octanol–water partition coefficient (Wildman–Crippen LogP) is 3.14. The van der Waals surface area contributed by atoms with Crippen LogP contribution in [0.3, 0.4) is 0 Å². The molecule has 7 heteroatoms. The number of anilines is 1. The van der Waals surface area contributed by atoms with Crippen molar-refractivity contribution in [1.82, 2.24) is 0 Å². The van der Waals surface area contributed by atoms with Gasteiger partial charge in [0.2, 0.25) is 0 Å². The second-order valence-electron chi connectivity index (χ2n) is 3.56. The van der Waals surface area contributed by atoms with Crippen molar-refractivity contribution in [3.05, 3.63) is 41.3 Å². The average molecular weight is 310 g/mol. The zero-order valence-corrected chi connectivity index (χ0v) is 12.4. The summed E-state index contributed by atoms with van der Waals surface area (Å²) in [5, 5.41) is 8.71. The largest absolute Gasteiger partial charge is 0.279 e. The van der Waals surface area contributed by atoms with Crippen LogP contribution in [0.15, 0.2) is 45.5 Å². The summed E-state index contributed by atoms with van der Waals surface area (Å²) in [6, 6.07) is 12.0. The van der Waals surface area contributed by atoms with Gasteiger partial charge in [0.05, 0.1) is 0 Å². The summed E-state index contributed by atoms with van der Waals surface area (Å²) < 4.78 is 26.8. The normalized spacial score (nSPS) is 10.9. The first kappa shape index (κ1) is 13.9. The lowest BCUT2D eigenvalue weighted by Crippen LogP contribution is -2.11. The van der Waals surface area contributed by atoms with Gasteiger partial charge >= 0.3 is 0 Å². The Kier molecular flexibility index (Phi) is 4.14. The van der Waals surface area contributed by atoms with E-state index in [1.165, 1.54) is 12.1 Å². The van der Waals surface area contributed by atoms with Crippen molar-refractivity contribution < 1.29 is 8.42 Å². The molecule has 0 saturated heterocycles. The second kappa shape index (κ2) is 5.65. The molecule has 0 spiro atoms. The number of sulfonamides is 1. The standard InChI is InChI=1S/C12H10N2O2S3/c1-17-10-4-2-9(3-5-10)14-19(15,16)12-7-6-11(8-13)18-12/h2-7,14H,1H3. The topological polar surface area (TPSA) is 70.0 Å². The van der Waals surface area contributed by atoms with Crippen molar-refractivity contribution >= 4 is 38.8 Å². The molecule has 1 aromatic carbocycles. The fourth-order valence-electron chi connectivity index (χ4n) is 1.39. The maximum Gasteiger partial charge on any atom is 0.271 e. The van der Waals surface area contributed by atoms with Crippen LogP contribution in [0, 0.1) is 11.3 Å². The zero-order chi connectivity index (χ0) is 13.9. The van der Waals surface area contributed by atoms with Crippen molar-refractivity contribution in [2.75, 3.05) is 11.0 Å². The van der Waals surface area contributed by atoms with Gasteiger partial charge in [0.15, 0.2) is 0 Å². The van der Waals surface area contributed by atoms with Gasteiger partial charge in [0.25, 0.3) is 10.0 Å². The first-order chi connectivity index (χ1) is 9.05. The number of benzene rings is 1. The van der Waals surface area contributed by atoms with Gasteiger partial charge in [-0.3, -0.25) is 4.72 Å². The molecule has 2 aromatic rings. The number of hydrogen-bond acceptors (Lipinski definition) is 5. The number of nitrogens with zero attached hydrogens (tertiary/aromatic N) is 1. The van der Waals surface area contributed by atoms with Gasteiger partial charge in [-0.05, 0) is 42.7 Å². The van der Waals surface area contributed by atoms with Gasteiger partial charge in [-0.25, -0.2) is 8.42 Å². The van der Waals surface area contributed by atoms with Crippen LogP contribution in [0.2, 0.25) is 0 Å². The van der Waals surface area contributed by atoms with Crippen molar-refractivity contribution in [2.24, 2.45) is 0 Å². The zero-order valence-electron chi connectivity index (χ0n) is 9.95. The molecule has 0 bridgehead atoms. The van der Waals surface area contributed by atoms with E-state index in [0.717, 1.165) is 16.2 Å². The first-order valence-corrected chi connectivity index (χ1v) is 8.74. The maximum atomic E-state index is 12.1. The molecule has 0 aliphatic carbocycles. The summed E-state index contributed by atoms with van der Waals surface area (Å²) in [4.78, 5) is 1.43. The molecule has 1 aromatic heterocycles. The van der Waals surface area contributed by atoms with E-state index in [9.17, 15) is 8.42 Å². The van der Waals surface area contributed by atoms with Gasteiger partial charge in [-0.2, -0.15) is 5.26 Å². The van der Waals surface area contributed by atoms with Crippen molar-refractivity contribution in [3.63, 3.8) is 0 Å². The van der Waals surface area contributed by atoms with Gasteiger partial charge in [0, 0.05) is 10.6 Å². The summed E-state index contributed by atoms with van der Waals surface area (Å²) in [6.07, 6.45) is 1.95. The molecular weight excluding hydrogens is 300 g/mol. The van der Waals surface area contributed by atoms with E-state index in [1.807, 2.05) is 24.5 Å². The average Bonchev–Trinajstić information content (AvgIpc) is 2.89. The minimum absolute atomic E-state index is 0.137. The molecule has 0 atom stereocenters. The van der Waals surface area contributed by atoms with Crippen LogP contribution in [0.25, 0.3) is 0 Å². The minimum atomic E-state index is -3.61. The quantitative estimate of drug-likeness (QED) is 0.881. The van der Waals surface area contributed by atoms with Crippen LogP contribution in [0.4, 0.5) is 5.69 Å². The smallest absolute Gasteiger partial charge is 0.271 e. The van der Waals surface area contributed by atoms with Crippen molar-refractivity contribution in [3.8, 4) is 6.07 Å². The predicted molar refractivity (Wildman–Crippen MR) is 78.1 cm³/mol. The summed E-state index contributed by atoms with van der Waals surface area (Å²) in [7, 11) is -3.61. The molecule has 2 rings (SSSR count). The lowest BCUT2D eigenvalue weighted by Gasteiger charge is -2.06. The molecule has 0 radical (unpaired) electrons. The van der Waals surface area contributed by atoms with E-state index in [0.29, 0.717) is 10.6 Å². The molecule has 0 unspecified atom stereocenters. The Morgan fingerprint density at radius 1 is 1.21 bits per heavy atom. The van der Waals surface area contributed by atoms with E-state index in [4.69, 9.17) is 5.26 Å². The highest BCUT2D eigenvalue weighted by Crippen LogP contribution is 2.24. The molecule has 1 N–H and O–H groups in total. The molecular formula is C12H10N2O2S3. The van der Waals surface area contributed by atoms with Gasteiger partial charge in [-0.15, -0.1) is 23.1 Å². The fourth-order valence-corrected chi connectivity index (χ4v) is 3.96. The van der Waals surface area contributed by atoms with Crippen LogP contribution in [0.1, 0.15) is 4.88 Å². The molecule has 0 amide bonds. The van der Waals surface area contributed by atoms with Crippen LogP contribution in [-0.4, -0.2) is 14.7 Å². The molecule has 4 nitrogen and oxygen atoms in total. The van der Waals surface area contributed by atoms with Crippen LogP contribution in [0.5, 0.6) is 0 Å². The third-order valence-corrected chi connectivity index (χ3v) is 5.91. The Morgan fingerprint density at radius 2 is 1.89 bits per heavy atom. The second-order valence-corrected chi connectivity index (χ2v) is 7.44. The lowest BCUT2D eigenvalue weighted by atomic mass is 10.3. The van der Waals surface area contributed by atoms with Gasteiger partial charge < -0.3 is 0 Å². The Hall–Kier alpha value is -1.49. The molecule has 98 valence electrons. The third-order valence-electron chi connectivity index (χ3n) is 2.30. The van der Waals surface area contributed by atoms with E-state index in [2.05, 4.69) is 4.72 Å². The molecule has 0 aliphatic rings. The highest BCUT2D eigenvalue weighted by atomic mass is 32.2. The number of nitrogens with one attached hydrogen (secondary N) is 1. The molecule has 0 aliphatic heterocycles. The minimum Gasteiger partial charge on any atom is -0.279 e. The number of hydrogen-bond donors (Lipinski definition) is 1. The SMILES string of the molecule is CSc1ccc(NS(=O)(=O)c2ccc(C#N)s2)cc1. The molecule has 19 heavy (non-hydrogen) atoms. The summed E-state index contributed by atoms with van der Waals surface area (Å²) in [5.41, 5.74) is 0.504. The van der Waals surface area contributed by atoms with Gasteiger partial charge in [0.1, 0.15) is 15.2 Å². The Labute approximate surface area is 120 Å². The summed E-state index contributed by atoms with van der Waals surface area (Å²) in [6.45, 7) is 0. The number of rotatable bonds is 4. The molecule has 0 saturated carbocycles. The summed E-state index contributed by atoms with van der Waals surface area (Å²) in [5.74, 6) is 0. The highest BCUT2D eigenvalue weighted by molar-refractivity contribution is 7.98. The van der Waals surface area contributed by atoms with Gasteiger partial charge in [-0.1, -0.05) is 0 Å². The van der Waals surface area contributed by atoms with Crippen molar-refractivity contribution in [2.45, 2.75) is 9.10 Å². The van der Waals surface area contributed by atoms with Crippen molar-refractivity contribution in [1.29, 1.82) is 5.26 Å². The number of thioether (sulfide) groups is 1. The van der Waals surface area contributed by atoms with E-state index >= 15 is 0 Å². The third kappa shape index (κ3) is 3.29. The van der Waals surface area contributed by atoms with Crippen LogP contribution in [-0.2, 0) is 10.0 Å². The maximum absolute atomic E-state index is 12.1. The first-order valence-electron chi connectivity index (χ1n) is 5.22. The number of thiophene rings is 1. The lowest BCUT2D eigenvalue weighted by molar-refractivity contribution is 0.603. The Balaban J connectivity index is 2.23. The highest BCUT2D eigenvalue weighted by Gasteiger charge is 2.16. The van der Waals surface area contributed by atoms with E-state index in [1.54, 1.807) is 23.9 Å².